The summed E-state index contributed by atoms with van der Waals surface area (Å²) in [5.41, 5.74) is 0.513. The van der Waals surface area contributed by atoms with E-state index in [2.05, 4.69) is 16.5 Å². The monoisotopic (exact) mass is 379 g/mol. The van der Waals surface area contributed by atoms with E-state index < -0.39 is 5.82 Å². The van der Waals surface area contributed by atoms with E-state index in [0.717, 1.165) is 6.42 Å². The van der Waals surface area contributed by atoms with Crippen LogP contribution in [0.4, 0.5) is 4.39 Å². The summed E-state index contributed by atoms with van der Waals surface area (Å²) in [5, 5.41) is 11.3. The molecular formula is C21H18FN3O3. The molecule has 1 amide bonds. The zero-order chi connectivity index (χ0) is 19.8. The molecule has 0 bridgehead atoms. The minimum Gasteiger partial charge on any atom is -0.507 e. The molecule has 1 unspecified atom stereocenters. The molecule has 0 spiro atoms. The molecule has 3 aromatic rings. The molecule has 6 nitrogen and oxygen atoms in total. The SMILES string of the molecule is C=CC(=O)N1CCC(c2cc3cc(O)c(-c4ncccc4F)cc3c(=O)[nH]2)C1. The Kier molecular flexibility index (Phi) is 4.43. The van der Waals surface area contributed by atoms with Gasteiger partial charge in [-0.3, -0.25) is 14.6 Å². The molecule has 142 valence electrons. The van der Waals surface area contributed by atoms with Gasteiger partial charge in [-0.05, 0) is 48.2 Å². The summed E-state index contributed by atoms with van der Waals surface area (Å²) >= 11 is 0. The number of aromatic hydroxyl groups is 1. The number of phenols is 1. The van der Waals surface area contributed by atoms with Crippen molar-refractivity contribution in [3.63, 3.8) is 0 Å². The Balaban J connectivity index is 1.76. The van der Waals surface area contributed by atoms with Crippen LogP contribution in [0.2, 0.25) is 0 Å². The molecule has 4 rings (SSSR count). The van der Waals surface area contributed by atoms with Crippen LogP contribution in [0.15, 0.2) is 54.0 Å². The number of hydrogen-bond acceptors (Lipinski definition) is 4. The predicted octanol–water partition coefficient (Wildman–Crippen LogP) is 2.94. The van der Waals surface area contributed by atoms with Gasteiger partial charge in [0.25, 0.3) is 5.56 Å². The molecule has 1 aliphatic heterocycles. The highest BCUT2D eigenvalue weighted by Gasteiger charge is 2.27. The molecule has 0 saturated carbocycles. The Morgan fingerprint density at radius 1 is 1.39 bits per heavy atom. The van der Waals surface area contributed by atoms with Crippen molar-refractivity contribution in [2.24, 2.45) is 0 Å². The van der Waals surface area contributed by atoms with Crippen molar-refractivity contribution in [1.82, 2.24) is 14.9 Å². The van der Waals surface area contributed by atoms with Crippen LogP contribution in [0.25, 0.3) is 22.0 Å². The Morgan fingerprint density at radius 3 is 2.96 bits per heavy atom. The normalized spacial score (nSPS) is 16.5. The Bertz CT molecular complexity index is 1160. The topological polar surface area (TPSA) is 86.3 Å². The first kappa shape index (κ1) is 17.9. The van der Waals surface area contributed by atoms with E-state index in [1.165, 1.54) is 36.5 Å². The van der Waals surface area contributed by atoms with Crippen LogP contribution in [0, 0.1) is 5.82 Å². The fourth-order valence-electron chi connectivity index (χ4n) is 3.66. The number of carbonyl (C=O) groups is 1. The lowest BCUT2D eigenvalue weighted by Gasteiger charge is -2.15. The zero-order valence-corrected chi connectivity index (χ0v) is 15.0. The molecule has 1 saturated heterocycles. The molecule has 3 heterocycles. The molecule has 1 aliphatic rings. The molecule has 2 N–H and O–H groups in total. The second-order valence-corrected chi connectivity index (χ2v) is 6.82. The van der Waals surface area contributed by atoms with Gasteiger partial charge >= 0.3 is 0 Å². The van der Waals surface area contributed by atoms with Crippen LogP contribution in [0.1, 0.15) is 18.0 Å². The summed E-state index contributed by atoms with van der Waals surface area (Å²) < 4.78 is 14.1. The molecule has 0 radical (unpaired) electrons. The van der Waals surface area contributed by atoms with Crippen molar-refractivity contribution < 1.29 is 14.3 Å². The van der Waals surface area contributed by atoms with Crippen LogP contribution in [0.3, 0.4) is 0 Å². The van der Waals surface area contributed by atoms with Gasteiger partial charge < -0.3 is 15.0 Å². The van der Waals surface area contributed by atoms with Gasteiger partial charge in [0, 0.05) is 41.8 Å². The van der Waals surface area contributed by atoms with E-state index >= 15 is 0 Å². The standard InChI is InChI=1S/C21H18FN3O3/c1-2-19(27)25-7-5-12(11-25)17-8-13-9-18(26)15(10-14(13)21(28)24-17)20-16(22)4-3-6-23-20/h2-4,6,8-10,12,26H,1,5,7,11H2,(H,24,28). The van der Waals surface area contributed by atoms with Crippen molar-refractivity contribution in [3.8, 4) is 17.0 Å². The van der Waals surface area contributed by atoms with Crippen molar-refractivity contribution in [2.45, 2.75) is 12.3 Å². The number of nitrogens with zero attached hydrogens (tertiary/aromatic N) is 2. The van der Waals surface area contributed by atoms with Crippen LogP contribution in [0.5, 0.6) is 5.75 Å². The number of phenolic OH excluding ortho intramolecular Hbond substituents is 1. The maximum atomic E-state index is 14.1. The maximum absolute atomic E-state index is 14.1. The number of aromatic nitrogens is 2. The third-order valence-corrected chi connectivity index (χ3v) is 5.11. The number of benzene rings is 1. The van der Waals surface area contributed by atoms with Crippen molar-refractivity contribution >= 4 is 16.7 Å². The first-order valence-electron chi connectivity index (χ1n) is 8.90. The van der Waals surface area contributed by atoms with Gasteiger partial charge in [-0.25, -0.2) is 4.39 Å². The van der Waals surface area contributed by atoms with Crippen molar-refractivity contribution in [2.75, 3.05) is 13.1 Å². The third kappa shape index (κ3) is 3.05. The van der Waals surface area contributed by atoms with Gasteiger partial charge in [-0.15, -0.1) is 0 Å². The number of carbonyl (C=O) groups excluding carboxylic acids is 1. The summed E-state index contributed by atoms with van der Waals surface area (Å²) in [5.74, 6) is -0.874. The van der Waals surface area contributed by atoms with Crippen LogP contribution in [-0.2, 0) is 4.79 Å². The number of halogens is 1. The first-order chi connectivity index (χ1) is 13.5. The molecular weight excluding hydrogens is 361 g/mol. The van der Waals surface area contributed by atoms with Crippen LogP contribution >= 0.6 is 0 Å². The number of rotatable bonds is 3. The average molecular weight is 379 g/mol. The molecule has 0 aliphatic carbocycles. The minimum absolute atomic E-state index is 0.00365. The predicted molar refractivity (Wildman–Crippen MR) is 104 cm³/mol. The Morgan fingerprint density at radius 2 is 2.21 bits per heavy atom. The maximum Gasteiger partial charge on any atom is 0.256 e. The van der Waals surface area contributed by atoms with Gasteiger partial charge in [0.2, 0.25) is 5.91 Å². The van der Waals surface area contributed by atoms with E-state index in [9.17, 15) is 19.1 Å². The summed E-state index contributed by atoms with van der Waals surface area (Å²) in [6.45, 7) is 4.59. The number of aromatic amines is 1. The third-order valence-electron chi connectivity index (χ3n) is 5.11. The highest BCUT2D eigenvalue weighted by Crippen LogP contribution is 2.34. The number of nitrogens with one attached hydrogen (secondary N) is 1. The first-order valence-corrected chi connectivity index (χ1v) is 8.90. The summed E-state index contributed by atoms with van der Waals surface area (Å²) in [6.07, 6.45) is 3.43. The molecule has 7 heteroatoms. The van der Waals surface area contributed by atoms with Gasteiger partial charge in [0.05, 0.1) is 0 Å². The number of H-pyrrole nitrogens is 1. The second-order valence-electron chi connectivity index (χ2n) is 6.82. The number of likely N-dealkylation sites (tertiary alicyclic amines) is 1. The van der Waals surface area contributed by atoms with Gasteiger partial charge in [0.1, 0.15) is 17.3 Å². The van der Waals surface area contributed by atoms with E-state index in [1.54, 1.807) is 11.0 Å². The van der Waals surface area contributed by atoms with E-state index in [-0.39, 0.29) is 34.4 Å². The fourth-order valence-corrected chi connectivity index (χ4v) is 3.66. The molecule has 1 aromatic carbocycles. The minimum atomic E-state index is -0.580. The smallest absolute Gasteiger partial charge is 0.256 e. The summed E-state index contributed by atoms with van der Waals surface area (Å²) in [6, 6.07) is 7.38. The van der Waals surface area contributed by atoms with Crippen LogP contribution in [-0.4, -0.2) is 39.0 Å². The fraction of sp³-hybridized carbons (Fsp3) is 0.190. The number of hydrogen-bond donors (Lipinski definition) is 2. The number of pyridine rings is 2. The Labute approximate surface area is 160 Å². The largest absolute Gasteiger partial charge is 0.507 e. The van der Waals surface area contributed by atoms with E-state index in [0.29, 0.717) is 29.6 Å². The molecule has 28 heavy (non-hydrogen) atoms. The molecule has 1 atom stereocenters. The summed E-state index contributed by atoms with van der Waals surface area (Å²) in [4.78, 5) is 33.0. The second kappa shape index (κ2) is 6.92. The Hall–Kier alpha value is -3.48. The van der Waals surface area contributed by atoms with Crippen LogP contribution < -0.4 is 5.56 Å². The lowest BCUT2D eigenvalue weighted by molar-refractivity contribution is -0.125. The lowest BCUT2D eigenvalue weighted by Crippen LogP contribution is -2.26. The zero-order valence-electron chi connectivity index (χ0n) is 15.0. The highest BCUT2D eigenvalue weighted by molar-refractivity contribution is 5.90. The van der Waals surface area contributed by atoms with Gasteiger partial charge in [0.15, 0.2) is 0 Å². The highest BCUT2D eigenvalue weighted by atomic mass is 19.1. The average Bonchev–Trinajstić information content (AvgIpc) is 3.18. The molecule has 1 fully saturated rings. The van der Waals surface area contributed by atoms with Crippen molar-refractivity contribution in [3.05, 3.63) is 71.0 Å². The quantitative estimate of drug-likeness (QED) is 0.685. The van der Waals surface area contributed by atoms with Gasteiger partial charge in [-0.2, -0.15) is 0 Å². The van der Waals surface area contributed by atoms with Crippen molar-refractivity contribution in [1.29, 1.82) is 0 Å². The van der Waals surface area contributed by atoms with E-state index in [4.69, 9.17) is 0 Å². The summed E-state index contributed by atoms with van der Waals surface area (Å²) in [7, 11) is 0. The molecule has 2 aromatic heterocycles. The van der Waals surface area contributed by atoms with Gasteiger partial charge in [-0.1, -0.05) is 6.58 Å². The lowest BCUT2D eigenvalue weighted by atomic mass is 9.99. The van der Waals surface area contributed by atoms with E-state index in [1.807, 2.05) is 0 Å². The number of fused-ring (bicyclic) bond motifs is 1. The number of amides is 1.